The maximum absolute atomic E-state index is 13.7. The maximum atomic E-state index is 13.7. The highest BCUT2D eigenvalue weighted by atomic mass is 16.5. The molecule has 4 rings (SSSR count). The van der Waals surface area contributed by atoms with Gasteiger partial charge in [-0.25, -0.2) is 4.68 Å². The Bertz CT molecular complexity index is 1570. The van der Waals surface area contributed by atoms with E-state index in [1.807, 2.05) is 81.6 Å². The minimum Gasteiger partial charge on any atom is -0.493 e. The summed E-state index contributed by atoms with van der Waals surface area (Å²) in [5.41, 5.74) is 4.67. The summed E-state index contributed by atoms with van der Waals surface area (Å²) in [7, 11) is 0. The fraction of sp³-hybridized carbons (Fsp3) is 0.371. The van der Waals surface area contributed by atoms with Crippen LogP contribution in [0.4, 0.5) is 0 Å². The molecule has 0 atom stereocenters. The smallest absolute Gasteiger partial charge is 0.271 e. The zero-order valence-electron chi connectivity index (χ0n) is 25.9. The molecule has 43 heavy (non-hydrogen) atoms. The van der Waals surface area contributed by atoms with Crippen LogP contribution in [0.15, 0.2) is 71.4 Å². The van der Waals surface area contributed by atoms with Gasteiger partial charge >= 0.3 is 0 Å². The van der Waals surface area contributed by atoms with E-state index in [1.54, 1.807) is 17.7 Å². The van der Waals surface area contributed by atoms with Crippen LogP contribution in [0.1, 0.15) is 58.6 Å². The van der Waals surface area contributed by atoms with Crippen molar-refractivity contribution in [2.75, 3.05) is 19.8 Å². The molecule has 0 unspecified atom stereocenters. The van der Waals surface area contributed by atoms with E-state index >= 15 is 0 Å². The van der Waals surface area contributed by atoms with E-state index in [9.17, 15) is 14.9 Å². The van der Waals surface area contributed by atoms with E-state index in [2.05, 4.69) is 13.8 Å². The van der Waals surface area contributed by atoms with E-state index in [-0.39, 0.29) is 18.2 Å². The summed E-state index contributed by atoms with van der Waals surface area (Å²) in [6.45, 7) is 13.1. The number of hydrogen-bond acceptors (Lipinski definition) is 6. The molecular weight excluding hydrogens is 540 g/mol. The van der Waals surface area contributed by atoms with Crippen LogP contribution in [0, 0.1) is 24.2 Å². The molecule has 1 aliphatic rings. The van der Waals surface area contributed by atoms with Crippen molar-refractivity contribution in [2.24, 2.45) is 5.92 Å². The van der Waals surface area contributed by atoms with Crippen molar-refractivity contribution in [3.63, 3.8) is 0 Å². The molecule has 0 saturated heterocycles. The predicted octanol–water partition coefficient (Wildman–Crippen LogP) is 6.68. The van der Waals surface area contributed by atoms with Crippen molar-refractivity contribution in [2.45, 2.75) is 60.5 Å². The van der Waals surface area contributed by atoms with Gasteiger partial charge in [-0.3, -0.25) is 14.5 Å². The molecule has 2 amide bonds. The molecule has 8 heteroatoms. The topological polar surface area (TPSA) is 97.5 Å². The number of aryl methyl sites for hydroxylation is 1. The monoisotopic (exact) mass is 580 g/mol. The van der Waals surface area contributed by atoms with E-state index in [0.29, 0.717) is 48.0 Å². The van der Waals surface area contributed by atoms with Gasteiger partial charge < -0.3 is 9.47 Å². The lowest BCUT2D eigenvalue weighted by atomic mass is 9.93. The number of ether oxygens (including phenoxy) is 2. The Labute approximate surface area is 254 Å². The quantitative estimate of drug-likeness (QED) is 0.135. The number of imide groups is 1. The number of amides is 2. The Morgan fingerprint density at radius 2 is 1.74 bits per heavy atom. The number of aromatic nitrogens is 2. The zero-order valence-corrected chi connectivity index (χ0v) is 25.9. The summed E-state index contributed by atoms with van der Waals surface area (Å²) in [5, 5.41) is 14.8. The normalized spacial score (nSPS) is 14.8. The van der Waals surface area contributed by atoms with E-state index in [0.717, 1.165) is 33.9 Å². The molecule has 2 heterocycles. The lowest BCUT2D eigenvalue weighted by Crippen LogP contribution is -2.43. The average molecular weight is 581 g/mol. The van der Waals surface area contributed by atoms with Crippen molar-refractivity contribution < 1.29 is 19.1 Å². The number of carbonyl (C=O) groups excluding carboxylic acids is 2. The molecule has 2 aromatic carbocycles. The highest BCUT2D eigenvalue weighted by Gasteiger charge is 2.35. The van der Waals surface area contributed by atoms with Crippen molar-refractivity contribution in [1.82, 2.24) is 14.7 Å². The van der Waals surface area contributed by atoms with Gasteiger partial charge in [-0.2, -0.15) is 10.4 Å². The minimum absolute atomic E-state index is 0.0358. The molecular formula is C35H40N4O4. The van der Waals surface area contributed by atoms with Crippen molar-refractivity contribution in [1.29, 1.82) is 5.26 Å². The van der Waals surface area contributed by atoms with E-state index in [4.69, 9.17) is 14.6 Å². The van der Waals surface area contributed by atoms with Crippen molar-refractivity contribution in [3.8, 4) is 28.8 Å². The third kappa shape index (κ3) is 7.49. The molecule has 0 spiro atoms. The molecule has 0 N–H and O–H groups in total. The van der Waals surface area contributed by atoms with Gasteiger partial charge in [-0.1, -0.05) is 32.0 Å². The van der Waals surface area contributed by atoms with Crippen LogP contribution >= 0.6 is 0 Å². The van der Waals surface area contributed by atoms with Crippen LogP contribution in [-0.4, -0.2) is 52.4 Å². The summed E-state index contributed by atoms with van der Waals surface area (Å²) in [6.07, 6.45) is 5.09. The summed E-state index contributed by atoms with van der Waals surface area (Å²) < 4.78 is 13.4. The predicted molar refractivity (Wildman–Crippen MR) is 167 cm³/mol. The number of rotatable bonds is 12. The van der Waals surface area contributed by atoms with E-state index < -0.39 is 11.8 Å². The largest absolute Gasteiger partial charge is 0.493 e. The zero-order chi connectivity index (χ0) is 31.1. The summed E-state index contributed by atoms with van der Waals surface area (Å²) in [5.74, 6) is 0.366. The maximum Gasteiger partial charge on any atom is 0.271 e. The summed E-state index contributed by atoms with van der Waals surface area (Å²) in [6, 6.07) is 17.7. The van der Waals surface area contributed by atoms with Gasteiger partial charge in [0.2, 0.25) is 0 Å². The number of carbonyl (C=O) groups is 2. The van der Waals surface area contributed by atoms with Crippen LogP contribution < -0.4 is 4.74 Å². The molecule has 0 radical (unpaired) electrons. The second-order valence-electron chi connectivity index (χ2n) is 11.4. The Morgan fingerprint density at radius 3 is 2.40 bits per heavy atom. The van der Waals surface area contributed by atoms with Crippen LogP contribution in [0.3, 0.4) is 0 Å². The van der Waals surface area contributed by atoms with Gasteiger partial charge in [-0.15, -0.1) is 0 Å². The lowest BCUT2D eigenvalue weighted by Gasteiger charge is -2.27. The first-order valence-corrected chi connectivity index (χ1v) is 14.8. The second kappa shape index (κ2) is 14.1. The molecule has 0 aliphatic carbocycles. The summed E-state index contributed by atoms with van der Waals surface area (Å²) >= 11 is 0. The van der Waals surface area contributed by atoms with Gasteiger partial charge in [0.25, 0.3) is 11.8 Å². The number of para-hydroxylation sites is 1. The molecule has 1 aliphatic heterocycles. The van der Waals surface area contributed by atoms with Crippen LogP contribution in [0.5, 0.6) is 5.75 Å². The van der Waals surface area contributed by atoms with Gasteiger partial charge in [0, 0.05) is 36.0 Å². The fourth-order valence-electron chi connectivity index (χ4n) is 4.82. The Morgan fingerprint density at radius 1 is 1.00 bits per heavy atom. The average Bonchev–Trinajstić information content (AvgIpc) is 3.40. The molecule has 0 fully saturated rings. The molecule has 0 bridgehead atoms. The molecule has 0 saturated carbocycles. The van der Waals surface area contributed by atoms with Crippen molar-refractivity contribution >= 4 is 17.9 Å². The molecule has 1 aromatic heterocycles. The van der Waals surface area contributed by atoms with Crippen LogP contribution in [-0.2, 0) is 14.3 Å². The number of nitrogens with zero attached hydrogens (tertiary/aromatic N) is 4. The second-order valence-corrected chi connectivity index (χ2v) is 11.4. The number of benzene rings is 2. The van der Waals surface area contributed by atoms with Crippen molar-refractivity contribution in [3.05, 3.63) is 82.6 Å². The Hall–Kier alpha value is -4.48. The Kier molecular flexibility index (Phi) is 10.3. The number of hydrogen-bond donors (Lipinski definition) is 0. The molecule has 3 aromatic rings. The van der Waals surface area contributed by atoms with Gasteiger partial charge in [0.15, 0.2) is 0 Å². The first-order chi connectivity index (χ1) is 20.6. The van der Waals surface area contributed by atoms with Gasteiger partial charge in [-0.05, 0) is 94.0 Å². The van der Waals surface area contributed by atoms with Crippen LogP contribution in [0.25, 0.3) is 23.0 Å². The van der Waals surface area contributed by atoms with Crippen LogP contribution in [0.2, 0.25) is 0 Å². The standard InChI is InChI=1S/C35H40N4O4/c1-23(2)15-18-43-32-14-13-27(19-25(32)5)33-28(22-39(37-33)29-11-8-7-9-12-29)20-30-26(6)31(21-36)35(41)38(34(30)40)16-10-17-42-24(3)4/h7-9,11-14,19-20,22-24H,10,15-18H2,1-6H3/b30-20+. The third-order valence-corrected chi connectivity index (χ3v) is 7.27. The first kappa shape index (κ1) is 31.5. The highest BCUT2D eigenvalue weighted by Crippen LogP contribution is 2.33. The Balaban J connectivity index is 1.76. The van der Waals surface area contributed by atoms with E-state index in [1.165, 1.54) is 0 Å². The highest BCUT2D eigenvalue weighted by molar-refractivity contribution is 6.19. The number of nitriles is 1. The molecule has 224 valence electrons. The third-order valence-electron chi connectivity index (χ3n) is 7.27. The van der Waals surface area contributed by atoms with Gasteiger partial charge in [0.1, 0.15) is 17.4 Å². The van der Waals surface area contributed by atoms with Gasteiger partial charge in [0.05, 0.1) is 24.1 Å². The summed E-state index contributed by atoms with van der Waals surface area (Å²) in [4.78, 5) is 28.0. The SMILES string of the molecule is CC1=C(C#N)C(=O)N(CCCOC(C)C)C(=O)/C1=C/c1cn(-c2ccccc2)nc1-c1ccc(OCCC(C)C)c(C)c1. The fourth-order valence-corrected chi connectivity index (χ4v) is 4.82. The first-order valence-electron chi connectivity index (χ1n) is 14.8. The lowest BCUT2D eigenvalue weighted by molar-refractivity contribution is -0.140. The molecule has 8 nitrogen and oxygen atoms in total. The minimum atomic E-state index is -0.574.